The van der Waals surface area contributed by atoms with E-state index in [1.165, 1.54) is 49.4 Å². The fraction of sp³-hybridized carbons (Fsp3) is 0. The van der Waals surface area contributed by atoms with Crippen molar-refractivity contribution in [2.45, 2.75) is 0 Å². The maximum Gasteiger partial charge on any atom is 0.145 e. The molecule has 0 radical (unpaired) electrons. The van der Waals surface area contributed by atoms with E-state index in [4.69, 9.17) is 4.42 Å². The van der Waals surface area contributed by atoms with Gasteiger partial charge in [0, 0.05) is 38.3 Å². The van der Waals surface area contributed by atoms with Crippen LogP contribution in [0.5, 0.6) is 0 Å². The third-order valence-corrected chi connectivity index (χ3v) is 10.5. The number of furan rings is 1. The second-order valence-corrected chi connectivity index (χ2v) is 13.3. The quantitative estimate of drug-likeness (QED) is 0.186. The van der Waals surface area contributed by atoms with Crippen LogP contribution in [-0.4, -0.2) is 9.13 Å². The summed E-state index contributed by atoms with van der Waals surface area (Å²) < 4.78 is 11.4. The van der Waals surface area contributed by atoms with E-state index in [2.05, 4.69) is 191 Å². The predicted molar refractivity (Wildman–Crippen MR) is 213 cm³/mol. The number of nitrogens with zero attached hydrogens (tertiary/aromatic N) is 2. The Balaban J connectivity index is 1.00. The average Bonchev–Trinajstić information content (AvgIpc) is 3.86. The van der Waals surface area contributed by atoms with Gasteiger partial charge in [0.05, 0.1) is 27.5 Å². The monoisotopic (exact) mass is 650 g/mol. The van der Waals surface area contributed by atoms with Gasteiger partial charge in [-0.15, -0.1) is 0 Å². The summed E-state index contributed by atoms with van der Waals surface area (Å²) in [5.74, 6) is 0. The largest absolute Gasteiger partial charge is 0.455 e. The number of benzene rings is 8. The van der Waals surface area contributed by atoms with Crippen molar-refractivity contribution in [2.75, 3.05) is 0 Å². The smallest absolute Gasteiger partial charge is 0.145 e. The van der Waals surface area contributed by atoms with Crippen LogP contribution in [0.25, 0.3) is 99.2 Å². The van der Waals surface area contributed by atoms with Crippen LogP contribution in [0, 0.1) is 0 Å². The van der Waals surface area contributed by atoms with Crippen LogP contribution in [0.4, 0.5) is 0 Å². The molecule has 0 atom stereocenters. The summed E-state index contributed by atoms with van der Waals surface area (Å²) in [6.45, 7) is 0. The average molecular weight is 651 g/mol. The van der Waals surface area contributed by atoms with Crippen molar-refractivity contribution in [3.8, 4) is 33.6 Å². The standard InChI is InChI=1S/C48H30N2O/c1-2-10-31(11-3-1)34-22-29-46-41(30-34)39-27-28-45-47(48(39)51-46)40-14-6-9-17-44(40)50(45)36-25-20-33(21-26-36)32-18-23-35(24-19-32)49-42-15-7-4-12-37(42)38-13-5-8-16-43(38)49/h1-30H. The number of para-hydroxylation sites is 3. The summed E-state index contributed by atoms with van der Waals surface area (Å²) in [6.07, 6.45) is 0. The summed E-state index contributed by atoms with van der Waals surface area (Å²) in [5.41, 5.74) is 13.6. The molecular weight excluding hydrogens is 621 g/mol. The van der Waals surface area contributed by atoms with E-state index in [-0.39, 0.29) is 0 Å². The normalized spacial score (nSPS) is 11.9. The highest BCUT2D eigenvalue weighted by atomic mass is 16.3. The van der Waals surface area contributed by atoms with E-state index in [9.17, 15) is 0 Å². The summed E-state index contributed by atoms with van der Waals surface area (Å²) in [4.78, 5) is 0. The number of fused-ring (bicyclic) bond motifs is 10. The van der Waals surface area contributed by atoms with Crippen LogP contribution >= 0.6 is 0 Å². The van der Waals surface area contributed by atoms with Crippen molar-refractivity contribution in [2.24, 2.45) is 0 Å². The van der Waals surface area contributed by atoms with Crippen molar-refractivity contribution in [1.82, 2.24) is 9.13 Å². The van der Waals surface area contributed by atoms with Gasteiger partial charge in [0.15, 0.2) is 0 Å². The number of hydrogen-bond acceptors (Lipinski definition) is 1. The summed E-state index contributed by atoms with van der Waals surface area (Å²) in [7, 11) is 0. The van der Waals surface area contributed by atoms with Crippen LogP contribution in [-0.2, 0) is 0 Å². The molecule has 0 saturated carbocycles. The number of aromatic nitrogens is 2. The molecule has 3 heterocycles. The first kappa shape index (κ1) is 28.0. The second kappa shape index (κ2) is 10.8. The molecule has 0 unspecified atom stereocenters. The van der Waals surface area contributed by atoms with Gasteiger partial charge < -0.3 is 13.6 Å². The fourth-order valence-corrected chi connectivity index (χ4v) is 8.18. The maximum absolute atomic E-state index is 6.66. The summed E-state index contributed by atoms with van der Waals surface area (Å²) in [6, 6.07) is 65.3. The zero-order valence-corrected chi connectivity index (χ0v) is 27.6. The lowest BCUT2D eigenvalue weighted by Gasteiger charge is -2.11. The third kappa shape index (κ3) is 4.19. The molecule has 238 valence electrons. The maximum atomic E-state index is 6.66. The molecule has 0 fully saturated rings. The Labute approximate surface area is 293 Å². The highest BCUT2D eigenvalue weighted by Gasteiger charge is 2.19. The minimum Gasteiger partial charge on any atom is -0.455 e. The van der Waals surface area contributed by atoms with Gasteiger partial charge in [-0.2, -0.15) is 0 Å². The minimum absolute atomic E-state index is 0.905. The molecule has 0 saturated heterocycles. The van der Waals surface area contributed by atoms with Crippen LogP contribution < -0.4 is 0 Å². The van der Waals surface area contributed by atoms with Crippen LogP contribution in [0.1, 0.15) is 0 Å². The Bertz CT molecular complexity index is 3050. The lowest BCUT2D eigenvalue weighted by molar-refractivity contribution is 0.673. The molecule has 0 N–H and O–H groups in total. The summed E-state index contributed by atoms with van der Waals surface area (Å²) >= 11 is 0. The Morgan fingerprint density at radius 2 is 0.804 bits per heavy atom. The minimum atomic E-state index is 0.905. The van der Waals surface area contributed by atoms with E-state index in [0.29, 0.717) is 0 Å². The van der Waals surface area contributed by atoms with Gasteiger partial charge in [-0.1, -0.05) is 115 Å². The topological polar surface area (TPSA) is 23.0 Å². The molecule has 11 aromatic rings. The third-order valence-electron chi connectivity index (χ3n) is 10.5. The first-order valence-corrected chi connectivity index (χ1v) is 17.4. The molecule has 11 rings (SSSR count). The number of hydrogen-bond donors (Lipinski definition) is 0. The first-order chi connectivity index (χ1) is 25.3. The first-order valence-electron chi connectivity index (χ1n) is 17.4. The van der Waals surface area contributed by atoms with E-state index in [1.807, 2.05) is 0 Å². The van der Waals surface area contributed by atoms with Gasteiger partial charge in [0.25, 0.3) is 0 Å². The zero-order chi connectivity index (χ0) is 33.5. The molecule has 3 aromatic heterocycles. The van der Waals surface area contributed by atoms with E-state index in [1.54, 1.807) is 0 Å². The molecule has 0 aliphatic carbocycles. The van der Waals surface area contributed by atoms with Crippen molar-refractivity contribution >= 4 is 65.6 Å². The van der Waals surface area contributed by atoms with Crippen molar-refractivity contribution in [1.29, 1.82) is 0 Å². The van der Waals surface area contributed by atoms with Gasteiger partial charge >= 0.3 is 0 Å². The zero-order valence-electron chi connectivity index (χ0n) is 27.6. The molecular formula is C48H30N2O. The van der Waals surface area contributed by atoms with Crippen molar-refractivity contribution in [3.05, 3.63) is 182 Å². The Morgan fingerprint density at radius 1 is 0.314 bits per heavy atom. The van der Waals surface area contributed by atoms with Gasteiger partial charge in [-0.05, 0) is 89.0 Å². The van der Waals surface area contributed by atoms with Gasteiger partial charge in [-0.3, -0.25) is 0 Å². The van der Waals surface area contributed by atoms with Crippen LogP contribution in [0.3, 0.4) is 0 Å². The molecule has 0 bridgehead atoms. The lowest BCUT2D eigenvalue weighted by atomic mass is 10.0. The van der Waals surface area contributed by atoms with Crippen molar-refractivity contribution < 1.29 is 4.42 Å². The van der Waals surface area contributed by atoms with E-state index in [0.717, 1.165) is 49.7 Å². The fourth-order valence-electron chi connectivity index (χ4n) is 8.18. The second-order valence-electron chi connectivity index (χ2n) is 13.3. The molecule has 51 heavy (non-hydrogen) atoms. The summed E-state index contributed by atoms with van der Waals surface area (Å²) in [5, 5.41) is 7.15. The van der Waals surface area contributed by atoms with Crippen LogP contribution in [0.15, 0.2) is 186 Å². The highest BCUT2D eigenvalue weighted by molar-refractivity contribution is 6.24. The van der Waals surface area contributed by atoms with Crippen LogP contribution in [0.2, 0.25) is 0 Å². The Kier molecular flexibility index (Phi) is 5.96. The predicted octanol–water partition coefficient (Wildman–Crippen LogP) is 13.1. The lowest BCUT2D eigenvalue weighted by Crippen LogP contribution is -1.94. The molecule has 3 heteroatoms. The Hall–Kier alpha value is -6.84. The SMILES string of the molecule is c1ccc(-c2ccc3oc4c(ccc5c4c4ccccc4n5-c4ccc(-c5ccc(-n6c7ccccc7c7ccccc76)cc5)cc4)c3c2)cc1. The van der Waals surface area contributed by atoms with Gasteiger partial charge in [-0.25, -0.2) is 0 Å². The molecule has 0 amide bonds. The van der Waals surface area contributed by atoms with E-state index >= 15 is 0 Å². The van der Waals surface area contributed by atoms with Gasteiger partial charge in [0.2, 0.25) is 0 Å². The molecule has 0 aliphatic heterocycles. The van der Waals surface area contributed by atoms with Crippen molar-refractivity contribution in [3.63, 3.8) is 0 Å². The molecule has 0 spiro atoms. The van der Waals surface area contributed by atoms with Gasteiger partial charge in [0.1, 0.15) is 11.2 Å². The molecule has 0 aliphatic rings. The highest BCUT2D eigenvalue weighted by Crippen LogP contribution is 2.42. The molecule has 3 nitrogen and oxygen atoms in total. The Morgan fingerprint density at radius 3 is 1.43 bits per heavy atom. The number of rotatable bonds is 4. The van der Waals surface area contributed by atoms with E-state index < -0.39 is 0 Å². The molecule has 8 aromatic carbocycles.